The molecule has 2 aromatic carbocycles. The van der Waals surface area contributed by atoms with Crippen molar-refractivity contribution in [3.8, 4) is 0 Å². The number of fused-ring (bicyclic) bond motifs is 1. The predicted molar refractivity (Wildman–Crippen MR) is 88.7 cm³/mol. The Balaban J connectivity index is 1.55. The molecule has 1 aromatic heterocycles. The van der Waals surface area contributed by atoms with Crippen LogP contribution in [0.5, 0.6) is 0 Å². The van der Waals surface area contributed by atoms with Crippen molar-refractivity contribution in [2.75, 3.05) is 11.9 Å². The van der Waals surface area contributed by atoms with E-state index in [9.17, 15) is 14.0 Å². The third-order valence-electron chi connectivity index (χ3n) is 3.33. The topological polar surface area (TPSA) is 81.4 Å². The number of hydrogen-bond donors (Lipinski definition) is 1. The zero-order chi connectivity index (χ0) is 17.8. The van der Waals surface area contributed by atoms with Crippen LogP contribution in [0.4, 0.5) is 10.1 Å². The summed E-state index contributed by atoms with van der Waals surface area (Å²) in [6.07, 6.45) is -0.143. The molecule has 0 aliphatic heterocycles. The second-order valence-corrected chi connectivity index (χ2v) is 5.57. The molecule has 1 N–H and O–H groups in total. The molecule has 0 aliphatic rings. The first-order chi connectivity index (χ1) is 12.0. The molecule has 0 spiro atoms. The van der Waals surface area contributed by atoms with Crippen LogP contribution in [0.3, 0.4) is 0 Å². The second kappa shape index (κ2) is 7.31. The maximum atomic E-state index is 13.5. The van der Waals surface area contributed by atoms with Gasteiger partial charge in [0, 0.05) is 10.4 Å². The Morgan fingerprint density at radius 2 is 2.04 bits per heavy atom. The zero-order valence-electron chi connectivity index (χ0n) is 12.8. The summed E-state index contributed by atoms with van der Waals surface area (Å²) in [4.78, 5) is 23.6. The van der Waals surface area contributed by atoms with Gasteiger partial charge in [0.25, 0.3) is 5.91 Å². The minimum absolute atomic E-state index is 0.0870. The molecule has 0 saturated heterocycles. The number of hydrogen-bond acceptors (Lipinski definition) is 5. The summed E-state index contributed by atoms with van der Waals surface area (Å²) in [5.41, 5.74) is 0.886. The Morgan fingerprint density at radius 3 is 2.88 bits per heavy atom. The van der Waals surface area contributed by atoms with Crippen molar-refractivity contribution in [3.05, 3.63) is 59.0 Å². The van der Waals surface area contributed by atoms with Gasteiger partial charge in [0.1, 0.15) is 11.5 Å². The standard InChI is InChI=1S/C17H12ClFN2O4/c18-10-5-6-12(19)14(7-10)20-16(22)9-24-17(23)8-13-11-3-1-2-4-15(11)25-21-13/h1-7H,8-9H2,(H,20,22). The lowest BCUT2D eigenvalue weighted by molar-refractivity contribution is -0.146. The third kappa shape index (κ3) is 4.13. The summed E-state index contributed by atoms with van der Waals surface area (Å²) >= 11 is 5.74. The van der Waals surface area contributed by atoms with Crippen LogP contribution in [0.25, 0.3) is 11.0 Å². The van der Waals surface area contributed by atoms with Gasteiger partial charge >= 0.3 is 5.97 Å². The average Bonchev–Trinajstić information content (AvgIpc) is 2.99. The first-order valence-electron chi connectivity index (χ1n) is 7.27. The molecule has 3 rings (SSSR count). The van der Waals surface area contributed by atoms with Gasteiger partial charge in [0.2, 0.25) is 0 Å². The molecule has 0 bridgehead atoms. The highest BCUT2D eigenvalue weighted by molar-refractivity contribution is 6.30. The van der Waals surface area contributed by atoms with Crippen LogP contribution >= 0.6 is 11.6 Å². The molecule has 1 heterocycles. The fraction of sp³-hybridized carbons (Fsp3) is 0.118. The van der Waals surface area contributed by atoms with Crippen molar-refractivity contribution in [1.29, 1.82) is 0 Å². The van der Waals surface area contributed by atoms with E-state index in [1.807, 2.05) is 0 Å². The van der Waals surface area contributed by atoms with Crippen LogP contribution in [0.1, 0.15) is 5.69 Å². The fourth-order valence-corrected chi connectivity index (χ4v) is 2.35. The first kappa shape index (κ1) is 16.9. The predicted octanol–water partition coefficient (Wildman–Crippen LogP) is 3.34. The number of anilines is 1. The van der Waals surface area contributed by atoms with E-state index in [0.717, 1.165) is 6.07 Å². The van der Waals surface area contributed by atoms with Gasteiger partial charge in [0.15, 0.2) is 12.2 Å². The third-order valence-corrected chi connectivity index (χ3v) is 3.57. The summed E-state index contributed by atoms with van der Waals surface area (Å²) < 4.78 is 23.5. The number of ether oxygens (including phenoxy) is 1. The molecule has 0 saturated carbocycles. The Morgan fingerprint density at radius 1 is 1.24 bits per heavy atom. The van der Waals surface area contributed by atoms with Crippen LogP contribution in [0, 0.1) is 5.82 Å². The lowest BCUT2D eigenvalue weighted by atomic mass is 10.2. The molecule has 0 aliphatic carbocycles. The number of benzene rings is 2. The second-order valence-electron chi connectivity index (χ2n) is 5.14. The van der Waals surface area contributed by atoms with E-state index >= 15 is 0 Å². The number of halogens is 2. The van der Waals surface area contributed by atoms with Crippen LogP contribution in [-0.4, -0.2) is 23.6 Å². The van der Waals surface area contributed by atoms with Crippen LogP contribution < -0.4 is 5.32 Å². The molecule has 1 amide bonds. The SMILES string of the molecule is O=C(COC(=O)Cc1noc2ccccc12)Nc1cc(Cl)ccc1F. The van der Waals surface area contributed by atoms with Crippen LogP contribution in [0.15, 0.2) is 47.0 Å². The van der Waals surface area contributed by atoms with Crippen molar-refractivity contribution in [3.63, 3.8) is 0 Å². The Kier molecular flexibility index (Phi) is 4.95. The number of amides is 1. The van der Waals surface area contributed by atoms with Crippen LogP contribution in [-0.2, 0) is 20.7 Å². The van der Waals surface area contributed by atoms with Gasteiger partial charge in [0.05, 0.1) is 12.1 Å². The van der Waals surface area contributed by atoms with E-state index in [2.05, 4.69) is 10.5 Å². The van der Waals surface area contributed by atoms with E-state index < -0.39 is 24.3 Å². The van der Waals surface area contributed by atoms with Gasteiger partial charge in [-0.3, -0.25) is 9.59 Å². The molecule has 25 heavy (non-hydrogen) atoms. The molecule has 128 valence electrons. The quantitative estimate of drug-likeness (QED) is 0.704. The number of para-hydroxylation sites is 1. The largest absolute Gasteiger partial charge is 0.455 e. The highest BCUT2D eigenvalue weighted by atomic mass is 35.5. The first-order valence-corrected chi connectivity index (χ1v) is 7.64. The molecule has 6 nitrogen and oxygen atoms in total. The number of rotatable bonds is 5. The number of esters is 1. The molecule has 8 heteroatoms. The number of carbonyl (C=O) groups is 2. The molecule has 0 radical (unpaired) electrons. The fourth-order valence-electron chi connectivity index (χ4n) is 2.18. The highest BCUT2D eigenvalue weighted by Crippen LogP contribution is 2.20. The summed E-state index contributed by atoms with van der Waals surface area (Å²) in [6.45, 7) is -0.555. The Labute approximate surface area is 146 Å². The van der Waals surface area contributed by atoms with Crippen LogP contribution in [0.2, 0.25) is 5.02 Å². The van der Waals surface area contributed by atoms with Gasteiger partial charge in [-0.25, -0.2) is 4.39 Å². The summed E-state index contributed by atoms with van der Waals surface area (Å²) in [6, 6.07) is 10.8. The average molecular weight is 363 g/mol. The van der Waals surface area contributed by atoms with E-state index in [-0.39, 0.29) is 17.1 Å². The number of aromatic nitrogens is 1. The minimum Gasteiger partial charge on any atom is -0.455 e. The number of nitrogens with one attached hydrogen (secondary N) is 1. The monoisotopic (exact) mass is 362 g/mol. The van der Waals surface area contributed by atoms with E-state index in [1.54, 1.807) is 24.3 Å². The molecular formula is C17H12ClFN2O4. The maximum absolute atomic E-state index is 13.5. The van der Waals surface area contributed by atoms with Gasteiger partial charge in [-0.05, 0) is 30.3 Å². The smallest absolute Gasteiger partial charge is 0.312 e. The molecule has 3 aromatic rings. The Bertz CT molecular complexity index is 941. The summed E-state index contributed by atoms with van der Waals surface area (Å²) in [7, 11) is 0. The maximum Gasteiger partial charge on any atom is 0.312 e. The highest BCUT2D eigenvalue weighted by Gasteiger charge is 2.15. The van der Waals surface area contributed by atoms with Crippen molar-refractivity contribution < 1.29 is 23.2 Å². The van der Waals surface area contributed by atoms with Gasteiger partial charge in [-0.15, -0.1) is 0 Å². The summed E-state index contributed by atoms with van der Waals surface area (Å²) in [5, 5.41) is 7.06. The minimum atomic E-state index is -0.681. The molecular weight excluding hydrogens is 351 g/mol. The van der Waals surface area contributed by atoms with E-state index in [0.29, 0.717) is 16.7 Å². The molecule has 0 fully saturated rings. The van der Waals surface area contributed by atoms with Gasteiger partial charge in [-0.1, -0.05) is 28.9 Å². The number of nitrogens with zero attached hydrogens (tertiary/aromatic N) is 1. The molecule has 0 unspecified atom stereocenters. The summed E-state index contributed by atoms with van der Waals surface area (Å²) in [5.74, 6) is -1.97. The molecule has 0 atom stereocenters. The van der Waals surface area contributed by atoms with E-state index in [4.69, 9.17) is 20.9 Å². The lowest BCUT2D eigenvalue weighted by Gasteiger charge is -2.07. The van der Waals surface area contributed by atoms with Crippen molar-refractivity contribution in [1.82, 2.24) is 5.16 Å². The van der Waals surface area contributed by atoms with Gasteiger partial charge < -0.3 is 14.6 Å². The normalized spacial score (nSPS) is 10.6. The van der Waals surface area contributed by atoms with Crippen molar-refractivity contribution in [2.24, 2.45) is 0 Å². The number of carbonyl (C=O) groups excluding carboxylic acids is 2. The Hall–Kier alpha value is -2.93. The van der Waals surface area contributed by atoms with Crippen molar-refractivity contribution >= 4 is 40.1 Å². The lowest BCUT2D eigenvalue weighted by Crippen LogP contribution is -2.22. The van der Waals surface area contributed by atoms with Gasteiger partial charge in [-0.2, -0.15) is 0 Å². The zero-order valence-corrected chi connectivity index (χ0v) is 13.5. The van der Waals surface area contributed by atoms with Crippen molar-refractivity contribution in [2.45, 2.75) is 6.42 Å². The van der Waals surface area contributed by atoms with E-state index in [1.165, 1.54) is 12.1 Å².